The van der Waals surface area contributed by atoms with Crippen molar-refractivity contribution in [3.8, 4) is 0 Å². The molecule has 4 bridgehead atoms. The van der Waals surface area contributed by atoms with Crippen molar-refractivity contribution in [2.75, 3.05) is 14.2 Å². The van der Waals surface area contributed by atoms with Crippen LogP contribution in [-0.2, 0) is 9.47 Å². The summed E-state index contributed by atoms with van der Waals surface area (Å²) in [6, 6.07) is 0. The van der Waals surface area contributed by atoms with Gasteiger partial charge >= 0.3 is 0 Å². The topological polar surface area (TPSA) is 18.5 Å². The van der Waals surface area contributed by atoms with Crippen LogP contribution < -0.4 is 0 Å². The third-order valence-corrected chi connectivity index (χ3v) is 4.82. The molecule has 6 aliphatic carbocycles. The molecule has 6 aliphatic rings. The van der Waals surface area contributed by atoms with Crippen LogP contribution in [0.5, 0.6) is 0 Å². The largest absolute Gasteiger partial charge is 0.501 e. The Morgan fingerprint density at radius 3 is 2.80 bits per heavy atom. The summed E-state index contributed by atoms with van der Waals surface area (Å²) < 4.78 is 11.2. The van der Waals surface area contributed by atoms with Crippen LogP contribution in [-0.4, -0.2) is 14.2 Å². The lowest BCUT2D eigenvalue weighted by Crippen LogP contribution is -2.15. The summed E-state index contributed by atoms with van der Waals surface area (Å²) in [6.45, 7) is 0. The van der Waals surface area contributed by atoms with Gasteiger partial charge in [0.05, 0.1) is 25.7 Å². The fourth-order valence-corrected chi connectivity index (χ4v) is 3.54. The minimum atomic E-state index is 0.563. The monoisotopic (exact) mass is 272 g/mol. The molecular formula is C18H24O2. The molecule has 0 amide bonds. The molecule has 108 valence electrons. The van der Waals surface area contributed by atoms with Crippen LogP contribution in [0.2, 0.25) is 0 Å². The van der Waals surface area contributed by atoms with E-state index in [0.29, 0.717) is 11.8 Å². The van der Waals surface area contributed by atoms with Crippen molar-refractivity contribution in [3.63, 3.8) is 0 Å². The van der Waals surface area contributed by atoms with Crippen LogP contribution in [0, 0.1) is 11.8 Å². The molecule has 0 heterocycles. The van der Waals surface area contributed by atoms with Gasteiger partial charge in [-0.25, -0.2) is 0 Å². The van der Waals surface area contributed by atoms with Crippen molar-refractivity contribution in [1.82, 2.24) is 0 Å². The molecule has 2 nitrogen and oxygen atoms in total. The Morgan fingerprint density at radius 1 is 1.10 bits per heavy atom. The van der Waals surface area contributed by atoms with E-state index in [9.17, 15) is 0 Å². The lowest BCUT2D eigenvalue weighted by atomic mass is 9.82. The first kappa shape index (κ1) is 13.5. The molecule has 0 aromatic rings. The van der Waals surface area contributed by atoms with E-state index >= 15 is 0 Å². The maximum absolute atomic E-state index is 5.62. The second-order valence-corrected chi connectivity index (χ2v) is 6.02. The van der Waals surface area contributed by atoms with E-state index in [-0.39, 0.29) is 0 Å². The molecular weight excluding hydrogens is 248 g/mol. The number of hydrogen-bond acceptors (Lipinski definition) is 2. The van der Waals surface area contributed by atoms with Gasteiger partial charge < -0.3 is 9.47 Å². The molecule has 0 saturated heterocycles. The highest BCUT2D eigenvalue weighted by molar-refractivity contribution is 5.33. The lowest BCUT2D eigenvalue weighted by Gasteiger charge is -2.28. The first-order valence-electron chi connectivity index (χ1n) is 7.69. The highest BCUT2D eigenvalue weighted by Gasteiger charge is 2.24. The minimum absolute atomic E-state index is 0.563. The lowest BCUT2D eigenvalue weighted by molar-refractivity contribution is 0.222. The van der Waals surface area contributed by atoms with Crippen molar-refractivity contribution in [3.05, 3.63) is 47.0 Å². The molecule has 0 spiro atoms. The molecule has 0 fully saturated rings. The van der Waals surface area contributed by atoms with Gasteiger partial charge in [-0.3, -0.25) is 0 Å². The van der Waals surface area contributed by atoms with Gasteiger partial charge in [-0.05, 0) is 55.2 Å². The Hall–Kier alpha value is -1.44. The van der Waals surface area contributed by atoms with Gasteiger partial charge in [-0.1, -0.05) is 18.2 Å². The Morgan fingerprint density at radius 2 is 2.00 bits per heavy atom. The van der Waals surface area contributed by atoms with Gasteiger partial charge in [0, 0.05) is 12.3 Å². The zero-order valence-corrected chi connectivity index (χ0v) is 12.5. The molecule has 0 aliphatic heterocycles. The van der Waals surface area contributed by atoms with E-state index in [1.807, 2.05) is 14.2 Å². The molecule has 2 atom stereocenters. The molecule has 0 radical (unpaired) electrons. The summed E-state index contributed by atoms with van der Waals surface area (Å²) in [5.41, 5.74) is 2.79. The Kier molecular flexibility index (Phi) is 4.00. The fraction of sp³-hybridized carbons (Fsp3) is 0.556. The van der Waals surface area contributed by atoms with Crippen LogP contribution in [0.4, 0.5) is 0 Å². The SMILES string of the molecule is COC1=CC2=CC[C@@H]1CC[C@@H]1C=CC(=C(OC)C1)CC2. The summed E-state index contributed by atoms with van der Waals surface area (Å²) in [6.07, 6.45) is 16.1. The predicted octanol–water partition coefficient (Wildman–Crippen LogP) is 4.51. The second-order valence-electron chi connectivity index (χ2n) is 6.02. The van der Waals surface area contributed by atoms with E-state index in [1.165, 1.54) is 35.5 Å². The summed E-state index contributed by atoms with van der Waals surface area (Å²) >= 11 is 0. The standard InChI is InChI=1S/C18H24O2/c1-19-17-11-13-3-7-15(17)9-5-14-4-8-16(10-6-13)18(12-14)20-2/h3-4,7,12-13,16H,5-6,8-11H2,1-2H3/t13-,16+/m0/s1. The van der Waals surface area contributed by atoms with Gasteiger partial charge in [0.15, 0.2) is 0 Å². The maximum Gasteiger partial charge on any atom is 0.0993 e. The Balaban J connectivity index is 1.87. The zero-order chi connectivity index (χ0) is 13.9. The third kappa shape index (κ3) is 2.70. The molecule has 0 aromatic carbocycles. The molecule has 0 saturated carbocycles. The fourth-order valence-electron chi connectivity index (χ4n) is 3.54. The average Bonchev–Trinajstić information content (AvgIpc) is 2.49. The van der Waals surface area contributed by atoms with E-state index in [4.69, 9.17) is 9.47 Å². The van der Waals surface area contributed by atoms with Gasteiger partial charge in [-0.2, -0.15) is 0 Å². The van der Waals surface area contributed by atoms with Crippen molar-refractivity contribution >= 4 is 0 Å². The van der Waals surface area contributed by atoms with Gasteiger partial charge in [0.1, 0.15) is 0 Å². The number of allylic oxidation sites excluding steroid dienone is 8. The Bertz CT molecular complexity index is 494. The predicted molar refractivity (Wildman–Crippen MR) is 81.0 cm³/mol. The number of rotatable bonds is 2. The average molecular weight is 272 g/mol. The van der Waals surface area contributed by atoms with Crippen LogP contribution in [0.3, 0.4) is 0 Å². The number of ether oxygens (including phenoxy) is 2. The van der Waals surface area contributed by atoms with Crippen LogP contribution in [0.15, 0.2) is 47.0 Å². The van der Waals surface area contributed by atoms with E-state index in [0.717, 1.165) is 25.7 Å². The number of methoxy groups -OCH3 is 2. The van der Waals surface area contributed by atoms with Gasteiger partial charge in [-0.15, -0.1) is 0 Å². The smallest absolute Gasteiger partial charge is 0.0993 e. The van der Waals surface area contributed by atoms with E-state index in [2.05, 4.69) is 24.3 Å². The molecule has 0 unspecified atom stereocenters. The molecule has 0 aromatic heterocycles. The summed E-state index contributed by atoms with van der Waals surface area (Å²) in [4.78, 5) is 0. The van der Waals surface area contributed by atoms with Crippen molar-refractivity contribution in [2.24, 2.45) is 11.8 Å². The minimum Gasteiger partial charge on any atom is -0.501 e. The maximum atomic E-state index is 5.62. The summed E-state index contributed by atoms with van der Waals surface area (Å²) in [5, 5.41) is 0. The van der Waals surface area contributed by atoms with Crippen LogP contribution in [0.25, 0.3) is 0 Å². The first-order valence-corrected chi connectivity index (χ1v) is 7.69. The van der Waals surface area contributed by atoms with Gasteiger partial charge in [0.25, 0.3) is 0 Å². The molecule has 6 rings (SSSR count). The van der Waals surface area contributed by atoms with Gasteiger partial charge in [0.2, 0.25) is 0 Å². The molecule has 0 N–H and O–H groups in total. The molecule has 2 heteroatoms. The Labute approximate surface area is 121 Å². The van der Waals surface area contributed by atoms with E-state index < -0.39 is 0 Å². The van der Waals surface area contributed by atoms with Crippen molar-refractivity contribution < 1.29 is 9.47 Å². The first-order chi connectivity index (χ1) is 9.80. The second kappa shape index (κ2) is 5.90. The number of hydrogen-bond donors (Lipinski definition) is 0. The van der Waals surface area contributed by atoms with Crippen molar-refractivity contribution in [2.45, 2.75) is 38.5 Å². The molecule has 20 heavy (non-hydrogen) atoms. The normalized spacial score (nSPS) is 29.5. The highest BCUT2D eigenvalue weighted by Crippen LogP contribution is 2.37. The summed E-state index contributed by atoms with van der Waals surface area (Å²) in [5.74, 6) is 3.57. The van der Waals surface area contributed by atoms with Crippen LogP contribution >= 0.6 is 0 Å². The quantitative estimate of drug-likeness (QED) is 0.736. The van der Waals surface area contributed by atoms with Crippen LogP contribution in [0.1, 0.15) is 38.5 Å². The highest BCUT2D eigenvalue weighted by atomic mass is 16.5. The van der Waals surface area contributed by atoms with Crippen molar-refractivity contribution in [1.29, 1.82) is 0 Å². The third-order valence-electron chi connectivity index (χ3n) is 4.82. The van der Waals surface area contributed by atoms with E-state index in [1.54, 1.807) is 0 Å². The zero-order valence-electron chi connectivity index (χ0n) is 12.5. The summed E-state index contributed by atoms with van der Waals surface area (Å²) in [7, 11) is 3.62.